The number of nitrogens with one attached hydrogen (secondary N) is 1. The summed E-state index contributed by atoms with van der Waals surface area (Å²) < 4.78 is 0.388. The molecule has 0 aromatic heterocycles. The van der Waals surface area contributed by atoms with E-state index in [1.165, 1.54) is 24.0 Å². The van der Waals surface area contributed by atoms with Gasteiger partial charge in [-0.05, 0) is 38.5 Å². The van der Waals surface area contributed by atoms with Crippen LogP contribution < -0.4 is 5.32 Å². The third-order valence-electron chi connectivity index (χ3n) is 4.03. The van der Waals surface area contributed by atoms with Crippen molar-refractivity contribution >= 4 is 11.8 Å². The molecule has 0 fully saturated rings. The number of benzene rings is 1. The van der Waals surface area contributed by atoms with Gasteiger partial charge in [-0.2, -0.15) is 11.8 Å². The van der Waals surface area contributed by atoms with Crippen molar-refractivity contribution in [2.75, 3.05) is 12.8 Å². The Bertz CT molecular complexity index is 332. The van der Waals surface area contributed by atoms with Gasteiger partial charge in [0.2, 0.25) is 0 Å². The van der Waals surface area contributed by atoms with Crippen LogP contribution in [-0.4, -0.2) is 17.5 Å². The lowest BCUT2D eigenvalue weighted by molar-refractivity contribution is 0.460. The number of hydrogen-bond acceptors (Lipinski definition) is 2. The fraction of sp³-hybridized carbons (Fsp3) is 0.625. The molecule has 1 N–H and O–H groups in total. The summed E-state index contributed by atoms with van der Waals surface area (Å²) in [7, 11) is 0. The van der Waals surface area contributed by atoms with Gasteiger partial charge in [-0.15, -0.1) is 0 Å². The number of rotatable bonds is 7. The van der Waals surface area contributed by atoms with Gasteiger partial charge in [0.1, 0.15) is 0 Å². The van der Waals surface area contributed by atoms with Crippen molar-refractivity contribution in [1.82, 2.24) is 5.32 Å². The summed E-state index contributed by atoms with van der Waals surface area (Å²) >= 11 is 1.99. The van der Waals surface area contributed by atoms with Crippen LogP contribution in [0.1, 0.15) is 50.8 Å². The molecule has 1 rings (SSSR count). The Morgan fingerprint density at radius 1 is 1.17 bits per heavy atom. The summed E-state index contributed by atoms with van der Waals surface area (Å²) in [6, 6.07) is 9.26. The van der Waals surface area contributed by atoms with Gasteiger partial charge in [-0.3, -0.25) is 0 Å². The van der Waals surface area contributed by atoms with Crippen molar-refractivity contribution in [2.45, 2.75) is 51.3 Å². The molecule has 0 saturated heterocycles. The highest BCUT2D eigenvalue weighted by molar-refractivity contribution is 8.00. The van der Waals surface area contributed by atoms with Crippen LogP contribution >= 0.6 is 11.8 Å². The summed E-state index contributed by atoms with van der Waals surface area (Å²) in [6.07, 6.45) is 4.67. The Morgan fingerprint density at radius 3 is 2.17 bits per heavy atom. The third-order valence-corrected chi connectivity index (χ3v) is 5.62. The van der Waals surface area contributed by atoms with Gasteiger partial charge in [0.25, 0.3) is 0 Å². The van der Waals surface area contributed by atoms with Crippen LogP contribution in [0.2, 0.25) is 0 Å². The topological polar surface area (TPSA) is 12.0 Å². The van der Waals surface area contributed by atoms with Crippen molar-refractivity contribution in [3.63, 3.8) is 0 Å². The molecule has 0 aliphatic rings. The summed E-state index contributed by atoms with van der Waals surface area (Å²) in [5.74, 6) is 0. The number of thioether (sulfide) groups is 1. The van der Waals surface area contributed by atoms with E-state index in [9.17, 15) is 0 Å². The normalized spacial score (nSPS) is 13.6. The molecule has 1 aromatic carbocycles. The van der Waals surface area contributed by atoms with Gasteiger partial charge in [0, 0.05) is 17.3 Å². The Hall–Kier alpha value is -0.470. The van der Waals surface area contributed by atoms with E-state index in [1.807, 2.05) is 11.8 Å². The monoisotopic (exact) mass is 265 g/mol. The number of hydrogen-bond donors (Lipinski definition) is 1. The van der Waals surface area contributed by atoms with Crippen molar-refractivity contribution in [3.05, 3.63) is 35.4 Å². The predicted octanol–water partition coefficient (Wildman–Crippen LogP) is 4.57. The predicted molar refractivity (Wildman–Crippen MR) is 84.4 cm³/mol. The maximum absolute atomic E-state index is 3.69. The lowest BCUT2D eigenvalue weighted by Gasteiger charge is -2.31. The molecular weight excluding hydrogens is 238 g/mol. The zero-order valence-corrected chi connectivity index (χ0v) is 13.2. The molecule has 2 heteroatoms. The van der Waals surface area contributed by atoms with Gasteiger partial charge < -0.3 is 5.32 Å². The smallest absolute Gasteiger partial charge is 0.0292 e. The van der Waals surface area contributed by atoms with E-state index in [0.717, 1.165) is 6.54 Å². The zero-order valence-electron chi connectivity index (χ0n) is 12.4. The minimum atomic E-state index is 0.388. The first-order chi connectivity index (χ1) is 8.56. The van der Waals surface area contributed by atoms with Crippen LogP contribution in [0.3, 0.4) is 0 Å². The van der Waals surface area contributed by atoms with E-state index < -0.39 is 0 Å². The van der Waals surface area contributed by atoms with Gasteiger partial charge in [0.15, 0.2) is 0 Å². The molecule has 0 amide bonds. The molecule has 1 unspecified atom stereocenters. The molecule has 0 bridgehead atoms. The molecule has 1 aromatic rings. The fourth-order valence-electron chi connectivity index (χ4n) is 2.17. The Labute approximate surface area is 117 Å². The highest BCUT2D eigenvalue weighted by Crippen LogP contribution is 2.30. The van der Waals surface area contributed by atoms with Gasteiger partial charge in [-0.25, -0.2) is 0 Å². The van der Waals surface area contributed by atoms with Crippen LogP contribution in [0.25, 0.3) is 0 Å². The van der Waals surface area contributed by atoms with E-state index in [-0.39, 0.29) is 0 Å². The second-order valence-corrected chi connectivity index (χ2v) is 6.38. The van der Waals surface area contributed by atoms with E-state index in [2.05, 4.69) is 63.5 Å². The molecule has 102 valence electrons. The lowest BCUT2D eigenvalue weighted by atomic mass is 10.0. The summed E-state index contributed by atoms with van der Waals surface area (Å²) in [5.41, 5.74) is 2.70. The minimum absolute atomic E-state index is 0.388. The van der Waals surface area contributed by atoms with E-state index in [4.69, 9.17) is 0 Å². The molecule has 0 aliphatic carbocycles. The first-order valence-corrected chi connectivity index (χ1v) is 8.14. The maximum Gasteiger partial charge on any atom is 0.0292 e. The van der Waals surface area contributed by atoms with Gasteiger partial charge >= 0.3 is 0 Å². The summed E-state index contributed by atoms with van der Waals surface area (Å²) in [4.78, 5) is 0. The van der Waals surface area contributed by atoms with Crippen LogP contribution in [0.4, 0.5) is 0 Å². The molecule has 18 heavy (non-hydrogen) atoms. The second-order valence-electron chi connectivity index (χ2n) is 5.11. The molecule has 1 atom stereocenters. The highest BCUT2D eigenvalue weighted by atomic mass is 32.2. The Kier molecular flexibility index (Phi) is 6.24. The Morgan fingerprint density at radius 2 is 1.72 bits per heavy atom. The van der Waals surface area contributed by atoms with Gasteiger partial charge in [-0.1, -0.05) is 43.7 Å². The van der Waals surface area contributed by atoms with E-state index in [1.54, 1.807) is 0 Å². The molecule has 1 nitrogen and oxygen atoms in total. The van der Waals surface area contributed by atoms with Crippen molar-refractivity contribution in [3.8, 4) is 0 Å². The van der Waals surface area contributed by atoms with Crippen LogP contribution in [0, 0.1) is 6.92 Å². The molecular formula is C16H27NS. The zero-order chi connectivity index (χ0) is 13.6. The molecule has 0 saturated carbocycles. The van der Waals surface area contributed by atoms with E-state index in [0.29, 0.717) is 10.8 Å². The Balaban J connectivity index is 2.59. The molecule has 0 aliphatic heterocycles. The fourth-order valence-corrected chi connectivity index (χ4v) is 2.98. The second kappa shape index (κ2) is 7.20. The average Bonchev–Trinajstić information content (AvgIpc) is 2.41. The maximum atomic E-state index is 3.69. The van der Waals surface area contributed by atoms with Crippen LogP contribution in [-0.2, 0) is 0 Å². The van der Waals surface area contributed by atoms with Crippen molar-refractivity contribution < 1.29 is 0 Å². The van der Waals surface area contributed by atoms with Crippen LogP contribution in [0.5, 0.6) is 0 Å². The largest absolute Gasteiger partial charge is 0.309 e. The minimum Gasteiger partial charge on any atom is -0.309 e. The summed E-state index contributed by atoms with van der Waals surface area (Å²) in [6.45, 7) is 10.0. The first kappa shape index (κ1) is 15.6. The lowest BCUT2D eigenvalue weighted by Crippen LogP contribution is -2.37. The van der Waals surface area contributed by atoms with Gasteiger partial charge in [0.05, 0.1) is 0 Å². The molecule has 0 radical (unpaired) electrons. The quantitative estimate of drug-likeness (QED) is 0.775. The third kappa shape index (κ3) is 4.03. The van der Waals surface area contributed by atoms with Crippen molar-refractivity contribution in [2.24, 2.45) is 0 Å². The SMILES string of the molecule is CCC(CC)(CNC(C)c1ccc(C)cc1)SC. The molecule has 0 spiro atoms. The van der Waals surface area contributed by atoms with Crippen LogP contribution in [0.15, 0.2) is 24.3 Å². The van der Waals surface area contributed by atoms with E-state index >= 15 is 0 Å². The standard InChI is InChI=1S/C16H27NS/c1-6-16(7-2,18-5)12-17-14(4)15-10-8-13(3)9-11-15/h8-11,14,17H,6-7,12H2,1-5H3. The molecule has 0 heterocycles. The number of aryl methyl sites for hydroxylation is 1. The van der Waals surface area contributed by atoms with Crippen molar-refractivity contribution in [1.29, 1.82) is 0 Å². The first-order valence-electron chi connectivity index (χ1n) is 6.92. The summed E-state index contributed by atoms with van der Waals surface area (Å²) in [5, 5.41) is 3.69. The highest BCUT2D eigenvalue weighted by Gasteiger charge is 2.25. The average molecular weight is 265 g/mol.